The van der Waals surface area contributed by atoms with Crippen LogP contribution in [-0.4, -0.2) is 98.7 Å². The van der Waals surface area contributed by atoms with E-state index < -0.39 is 0 Å². The molecule has 1 N–H and O–H groups in total. The predicted octanol–water partition coefficient (Wildman–Crippen LogP) is 1.63. The molecular formula is C20H38IN5O2. The first kappa shape index (κ1) is 23.7. The predicted molar refractivity (Wildman–Crippen MR) is 123 cm³/mol. The number of piperidine rings is 1. The zero-order chi connectivity index (χ0) is 18.9. The molecule has 1 saturated carbocycles. The minimum atomic E-state index is 0. The maximum absolute atomic E-state index is 12.5. The van der Waals surface area contributed by atoms with Gasteiger partial charge in [0.25, 0.3) is 0 Å². The van der Waals surface area contributed by atoms with Crippen molar-refractivity contribution < 1.29 is 9.53 Å². The Bertz CT molecular complexity index is 487. The lowest BCUT2D eigenvalue weighted by atomic mass is 10.1. The SMILES string of the molecule is CCNC(=NCCOCC1CC1)N1CCN(CC(=O)N2CCCCC2)CC1.I. The summed E-state index contributed by atoms with van der Waals surface area (Å²) < 4.78 is 5.69. The highest BCUT2D eigenvalue weighted by Crippen LogP contribution is 2.28. The van der Waals surface area contributed by atoms with Crippen molar-refractivity contribution in [3.8, 4) is 0 Å². The molecule has 3 aliphatic rings. The van der Waals surface area contributed by atoms with Crippen molar-refractivity contribution in [1.29, 1.82) is 0 Å². The van der Waals surface area contributed by atoms with Crippen LogP contribution in [0.2, 0.25) is 0 Å². The molecule has 162 valence electrons. The van der Waals surface area contributed by atoms with Crippen molar-refractivity contribution in [2.45, 2.75) is 39.0 Å². The van der Waals surface area contributed by atoms with Crippen LogP contribution >= 0.6 is 24.0 Å². The zero-order valence-corrected chi connectivity index (χ0v) is 19.7. The van der Waals surface area contributed by atoms with E-state index in [0.717, 1.165) is 77.1 Å². The number of carbonyl (C=O) groups excluding carboxylic acids is 1. The van der Waals surface area contributed by atoms with Gasteiger partial charge in [0, 0.05) is 52.4 Å². The Kier molecular flexibility index (Phi) is 10.9. The molecule has 0 bridgehead atoms. The molecule has 2 heterocycles. The summed E-state index contributed by atoms with van der Waals surface area (Å²) in [6.07, 6.45) is 6.24. The van der Waals surface area contributed by atoms with Crippen molar-refractivity contribution >= 4 is 35.8 Å². The molecule has 1 aliphatic carbocycles. The lowest BCUT2D eigenvalue weighted by Gasteiger charge is -2.37. The normalized spacial score (nSPS) is 21.4. The van der Waals surface area contributed by atoms with Crippen LogP contribution in [0.1, 0.15) is 39.0 Å². The average molecular weight is 507 g/mol. The number of halogens is 1. The second-order valence-electron chi connectivity index (χ2n) is 7.96. The van der Waals surface area contributed by atoms with Crippen molar-refractivity contribution in [3.05, 3.63) is 0 Å². The van der Waals surface area contributed by atoms with Crippen molar-refractivity contribution in [3.63, 3.8) is 0 Å². The average Bonchev–Trinajstić information content (AvgIpc) is 3.53. The van der Waals surface area contributed by atoms with Gasteiger partial charge in [-0.25, -0.2) is 0 Å². The molecular weight excluding hydrogens is 469 g/mol. The van der Waals surface area contributed by atoms with Gasteiger partial charge in [0.05, 0.1) is 19.7 Å². The third-order valence-corrected chi connectivity index (χ3v) is 5.62. The van der Waals surface area contributed by atoms with Crippen LogP contribution in [0.3, 0.4) is 0 Å². The summed E-state index contributed by atoms with van der Waals surface area (Å²) in [4.78, 5) is 23.8. The van der Waals surface area contributed by atoms with Crippen LogP contribution in [0, 0.1) is 5.92 Å². The largest absolute Gasteiger partial charge is 0.379 e. The van der Waals surface area contributed by atoms with E-state index in [0.29, 0.717) is 25.6 Å². The van der Waals surface area contributed by atoms with Crippen molar-refractivity contribution in [1.82, 2.24) is 20.0 Å². The quantitative estimate of drug-likeness (QED) is 0.234. The van der Waals surface area contributed by atoms with Crippen molar-refractivity contribution in [2.24, 2.45) is 10.9 Å². The fourth-order valence-electron chi connectivity index (χ4n) is 3.73. The molecule has 0 radical (unpaired) electrons. The topological polar surface area (TPSA) is 60.4 Å². The summed E-state index contributed by atoms with van der Waals surface area (Å²) in [5, 5.41) is 3.40. The molecule has 0 aromatic heterocycles. The summed E-state index contributed by atoms with van der Waals surface area (Å²) in [5.74, 6) is 2.09. The number of guanidine groups is 1. The molecule has 28 heavy (non-hydrogen) atoms. The second kappa shape index (κ2) is 12.8. The Morgan fingerprint density at radius 2 is 1.75 bits per heavy atom. The monoisotopic (exact) mass is 507 g/mol. The van der Waals surface area contributed by atoms with Crippen LogP contribution in [0.25, 0.3) is 0 Å². The fraction of sp³-hybridized carbons (Fsp3) is 0.900. The number of carbonyl (C=O) groups is 1. The molecule has 1 amide bonds. The van der Waals surface area contributed by atoms with Crippen molar-refractivity contribution in [2.75, 3.05) is 72.1 Å². The first-order valence-electron chi connectivity index (χ1n) is 10.9. The molecule has 0 unspecified atom stereocenters. The van der Waals surface area contributed by atoms with E-state index in [2.05, 4.69) is 22.0 Å². The molecule has 3 rings (SSSR count). The molecule has 8 heteroatoms. The number of hydrogen-bond acceptors (Lipinski definition) is 4. The van der Waals surface area contributed by atoms with Crippen LogP contribution < -0.4 is 5.32 Å². The number of rotatable bonds is 8. The van der Waals surface area contributed by atoms with Crippen LogP contribution in [0.15, 0.2) is 4.99 Å². The van der Waals surface area contributed by atoms with Gasteiger partial charge in [-0.15, -0.1) is 24.0 Å². The summed E-state index contributed by atoms with van der Waals surface area (Å²) in [7, 11) is 0. The number of amides is 1. The van der Waals surface area contributed by atoms with E-state index in [1.54, 1.807) is 0 Å². The molecule has 3 fully saturated rings. The Hall–Kier alpha value is -0.610. The van der Waals surface area contributed by atoms with E-state index in [-0.39, 0.29) is 24.0 Å². The highest BCUT2D eigenvalue weighted by atomic mass is 127. The van der Waals surface area contributed by atoms with Gasteiger partial charge in [-0.2, -0.15) is 0 Å². The molecule has 0 spiro atoms. The van der Waals surface area contributed by atoms with Gasteiger partial charge in [-0.05, 0) is 44.9 Å². The molecule has 0 aromatic carbocycles. The number of hydrogen-bond donors (Lipinski definition) is 1. The van der Waals surface area contributed by atoms with Gasteiger partial charge in [0.2, 0.25) is 5.91 Å². The molecule has 2 saturated heterocycles. The summed E-state index contributed by atoms with van der Waals surface area (Å²) in [6.45, 7) is 11.4. The Balaban J connectivity index is 0.00000280. The molecule has 0 atom stereocenters. The minimum absolute atomic E-state index is 0. The van der Waals surface area contributed by atoms with E-state index in [4.69, 9.17) is 9.73 Å². The fourth-order valence-corrected chi connectivity index (χ4v) is 3.73. The van der Waals surface area contributed by atoms with Crippen LogP contribution in [0.5, 0.6) is 0 Å². The van der Waals surface area contributed by atoms with Gasteiger partial charge in [0.1, 0.15) is 0 Å². The Labute approximate surface area is 187 Å². The third kappa shape index (κ3) is 8.02. The number of nitrogens with zero attached hydrogens (tertiary/aromatic N) is 4. The summed E-state index contributed by atoms with van der Waals surface area (Å²) >= 11 is 0. The number of piperazine rings is 1. The minimum Gasteiger partial charge on any atom is -0.379 e. The standard InChI is InChI=1S/C20H37N5O2.HI/c1-2-21-20(22-8-15-27-17-18-6-7-18)25-13-11-23(12-14-25)16-19(26)24-9-4-3-5-10-24;/h18H,2-17H2,1H3,(H,21,22);1H. The molecule has 0 aromatic rings. The van der Waals surface area contributed by atoms with Gasteiger partial charge >= 0.3 is 0 Å². The first-order chi connectivity index (χ1) is 13.3. The molecule has 7 nitrogen and oxygen atoms in total. The highest BCUT2D eigenvalue weighted by molar-refractivity contribution is 14.0. The maximum atomic E-state index is 12.5. The van der Waals surface area contributed by atoms with Gasteiger partial charge < -0.3 is 19.9 Å². The zero-order valence-electron chi connectivity index (χ0n) is 17.4. The Morgan fingerprint density at radius 1 is 1.04 bits per heavy atom. The third-order valence-electron chi connectivity index (χ3n) is 5.62. The smallest absolute Gasteiger partial charge is 0.236 e. The van der Waals surface area contributed by atoms with E-state index >= 15 is 0 Å². The van der Waals surface area contributed by atoms with Crippen LogP contribution in [-0.2, 0) is 9.53 Å². The number of likely N-dealkylation sites (tertiary alicyclic amines) is 1. The Morgan fingerprint density at radius 3 is 2.39 bits per heavy atom. The van der Waals surface area contributed by atoms with Gasteiger partial charge in [-0.1, -0.05) is 0 Å². The lowest BCUT2D eigenvalue weighted by molar-refractivity contribution is -0.133. The summed E-state index contributed by atoms with van der Waals surface area (Å²) in [6, 6.07) is 0. The number of ether oxygens (including phenoxy) is 1. The number of nitrogens with one attached hydrogen (secondary N) is 1. The van der Waals surface area contributed by atoms with E-state index in [9.17, 15) is 4.79 Å². The van der Waals surface area contributed by atoms with Gasteiger partial charge in [-0.3, -0.25) is 14.7 Å². The lowest BCUT2D eigenvalue weighted by Crippen LogP contribution is -2.54. The first-order valence-corrected chi connectivity index (χ1v) is 10.9. The highest BCUT2D eigenvalue weighted by Gasteiger charge is 2.24. The molecule has 2 aliphatic heterocycles. The number of aliphatic imine (C=N–C) groups is 1. The second-order valence-corrected chi connectivity index (χ2v) is 7.96. The van der Waals surface area contributed by atoms with E-state index in [1.165, 1.54) is 19.3 Å². The summed E-state index contributed by atoms with van der Waals surface area (Å²) in [5.41, 5.74) is 0. The van der Waals surface area contributed by atoms with Gasteiger partial charge in [0.15, 0.2) is 5.96 Å². The van der Waals surface area contributed by atoms with Crippen LogP contribution in [0.4, 0.5) is 0 Å². The maximum Gasteiger partial charge on any atom is 0.236 e. The van der Waals surface area contributed by atoms with E-state index in [1.807, 2.05) is 4.90 Å².